The van der Waals surface area contributed by atoms with Crippen LogP contribution in [0.3, 0.4) is 0 Å². The minimum absolute atomic E-state index is 0.585. The molecule has 2 heteroatoms. The number of benzene rings is 11. The Morgan fingerprint density at radius 3 is 1.45 bits per heavy atom. The molecule has 2 heterocycles. The molecule has 1 spiro atoms. The first-order valence-corrected chi connectivity index (χ1v) is 25.5. The molecule has 11 aromatic carbocycles. The summed E-state index contributed by atoms with van der Waals surface area (Å²) in [6.45, 7) is 6.43. The van der Waals surface area contributed by atoms with Crippen molar-refractivity contribution in [1.82, 2.24) is 9.13 Å². The quantitative estimate of drug-likeness (QED) is 0.141. The molecule has 0 aliphatic heterocycles. The fourth-order valence-electron chi connectivity index (χ4n) is 13.3. The van der Waals surface area contributed by atoms with Crippen LogP contribution >= 0.6 is 0 Å². The third-order valence-corrected chi connectivity index (χ3v) is 16.2. The lowest BCUT2D eigenvalue weighted by molar-refractivity contribution is 0.790. The highest BCUT2D eigenvalue weighted by atomic mass is 15.0. The lowest BCUT2D eigenvalue weighted by Crippen LogP contribution is -2.26. The maximum atomic E-state index is 4.31. The van der Waals surface area contributed by atoms with E-state index in [2.05, 4.69) is 271 Å². The van der Waals surface area contributed by atoms with E-state index in [1.807, 2.05) is 0 Å². The first kappa shape index (κ1) is 41.5. The van der Waals surface area contributed by atoms with Crippen molar-refractivity contribution in [2.75, 3.05) is 0 Å². The van der Waals surface area contributed by atoms with E-state index in [4.69, 9.17) is 0 Å². The van der Waals surface area contributed by atoms with Gasteiger partial charge in [-0.15, -0.1) is 6.58 Å². The monoisotopic (exact) mass is 928 g/mol. The van der Waals surface area contributed by atoms with Crippen molar-refractivity contribution >= 4 is 60.3 Å². The van der Waals surface area contributed by atoms with Gasteiger partial charge < -0.3 is 9.13 Å². The molecule has 13 aromatic rings. The van der Waals surface area contributed by atoms with Gasteiger partial charge in [-0.3, -0.25) is 0 Å². The van der Waals surface area contributed by atoms with Crippen LogP contribution in [0.1, 0.15) is 40.4 Å². The van der Waals surface area contributed by atoms with Crippen LogP contribution in [-0.4, -0.2) is 9.13 Å². The fourth-order valence-corrected chi connectivity index (χ4v) is 13.3. The Balaban J connectivity index is 0.991. The molecule has 2 aromatic heterocycles. The normalized spacial score (nSPS) is 13.2. The van der Waals surface area contributed by atoms with E-state index >= 15 is 0 Å². The summed E-state index contributed by atoms with van der Waals surface area (Å²) in [5.74, 6) is 0. The molecule has 0 unspecified atom stereocenters. The molecule has 2 aliphatic carbocycles. The Hall–Kier alpha value is -9.24. The number of nitrogens with zero attached hydrogens (tertiary/aromatic N) is 2. The topological polar surface area (TPSA) is 9.86 Å². The zero-order valence-corrected chi connectivity index (χ0v) is 40.5. The second-order valence-electron chi connectivity index (χ2n) is 19.9. The number of rotatable bonds is 7. The molecule has 0 radical (unpaired) electrons. The Morgan fingerprint density at radius 2 is 0.849 bits per heavy atom. The zero-order chi connectivity index (χ0) is 48.4. The van der Waals surface area contributed by atoms with Gasteiger partial charge in [0, 0.05) is 45.2 Å². The molecular weight excluding hydrogens is 881 g/mol. The van der Waals surface area contributed by atoms with Gasteiger partial charge in [0.1, 0.15) is 0 Å². The average molecular weight is 929 g/mol. The van der Waals surface area contributed by atoms with Gasteiger partial charge in [0.25, 0.3) is 0 Å². The van der Waals surface area contributed by atoms with Gasteiger partial charge in [0.15, 0.2) is 0 Å². The maximum Gasteiger partial charge on any atom is 0.0727 e. The highest BCUT2D eigenvalue weighted by Gasteiger charge is 2.52. The molecule has 342 valence electrons. The van der Waals surface area contributed by atoms with Crippen LogP contribution in [0.2, 0.25) is 0 Å². The third-order valence-electron chi connectivity index (χ3n) is 16.2. The SMILES string of the molecule is C=CCc1c(/C=C\C)c2ccc(-c3cccc4ccccc34)cc2n1-c1ccc2c(c1)C1(c3ccccc3-c3ccccc31)c1cc(-n3c4ccccc4c4ccc(-c5cccc6ccccc56)cc43)ccc1-2. The standard InChI is InChI=1S/C71H48N2/c1-3-17-59-61-37-33-47(53-28-15-21-45-19-5-7-23-51(45)53)41-69(61)72(67(59)18-4-2)49-35-39-57-58-40-36-50(44-66(58)71(65(57)43-49)63-30-12-9-25-55(63)56-26-10-13-31-64(56)71)73-68-32-14-11-27-60(68)62-38-34-48(42-70(62)73)54-29-16-22-46-20-6-8-24-52(46)54/h3-17,19-44H,2,18H2,1H3/b17-3-. The molecule has 2 nitrogen and oxygen atoms in total. The van der Waals surface area contributed by atoms with Crippen LogP contribution in [-0.2, 0) is 11.8 Å². The van der Waals surface area contributed by atoms with Crippen molar-refractivity contribution in [1.29, 1.82) is 0 Å². The zero-order valence-electron chi connectivity index (χ0n) is 40.5. The van der Waals surface area contributed by atoms with Gasteiger partial charge in [-0.1, -0.05) is 206 Å². The van der Waals surface area contributed by atoms with Crippen LogP contribution in [0.4, 0.5) is 0 Å². The van der Waals surface area contributed by atoms with E-state index in [1.165, 1.54) is 132 Å². The number of hydrogen-bond acceptors (Lipinski definition) is 0. The maximum absolute atomic E-state index is 4.31. The molecule has 0 amide bonds. The first-order valence-electron chi connectivity index (χ1n) is 25.5. The summed E-state index contributed by atoms with van der Waals surface area (Å²) in [4.78, 5) is 0. The Bertz CT molecular complexity index is 4460. The number of aromatic nitrogens is 2. The van der Waals surface area contributed by atoms with Crippen LogP contribution in [0, 0.1) is 0 Å². The number of hydrogen-bond donors (Lipinski definition) is 0. The van der Waals surface area contributed by atoms with Gasteiger partial charge in [-0.2, -0.15) is 0 Å². The van der Waals surface area contributed by atoms with Crippen molar-refractivity contribution in [3.8, 4) is 55.9 Å². The average Bonchev–Trinajstić information content (AvgIpc) is 4.15. The number of para-hydroxylation sites is 1. The Morgan fingerprint density at radius 1 is 0.384 bits per heavy atom. The van der Waals surface area contributed by atoms with E-state index in [-0.39, 0.29) is 0 Å². The predicted octanol–water partition coefficient (Wildman–Crippen LogP) is 18.5. The minimum atomic E-state index is -0.585. The second kappa shape index (κ2) is 15.9. The van der Waals surface area contributed by atoms with Crippen LogP contribution in [0.25, 0.3) is 116 Å². The van der Waals surface area contributed by atoms with E-state index in [9.17, 15) is 0 Å². The Labute approximate surface area is 424 Å². The summed E-state index contributed by atoms with van der Waals surface area (Å²) in [6, 6.07) is 86.7. The van der Waals surface area contributed by atoms with E-state index in [0.29, 0.717) is 0 Å². The summed E-state index contributed by atoms with van der Waals surface area (Å²) in [7, 11) is 0. The van der Waals surface area contributed by atoms with Gasteiger partial charge in [0.05, 0.1) is 22.0 Å². The lowest BCUT2D eigenvalue weighted by atomic mass is 9.70. The van der Waals surface area contributed by atoms with Crippen molar-refractivity contribution in [2.24, 2.45) is 0 Å². The summed E-state index contributed by atoms with van der Waals surface area (Å²) in [5.41, 5.74) is 23.0. The second-order valence-corrected chi connectivity index (χ2v) is 19.9. The van der Waals surface area contributed by atoms with Crippen molar-refractivity contribution in [3.63, 3.8) is 0 Å². The third kappa shape index (κ3) is 5.81. The molecule has 0 N–H and O–H groups in total. The minimum Gasteiger partial charge on any atom is -0.313 e. The van der Waals surface area contributed by atoms with Gasteiger partial charge in [-0.25, -0.2) is 0 Å². The summed E-state index contributed by atoms with van der Waals surface area (Å²) in [5, 5.41) is 8.72. The van der Waals surface area contributed by atoms with E-state index in [1.54, 1.807) is 0 Å². The van der Waals surface area contributed by atoms with Gasteiger partial charge in [0.2, 0.25) is 0 Å². The molecule has 0 bridgehead atoms. The molecule has 0 saturated carbocycles. The lowest BCUT2D eigenvalue weighted by Gasteiger charge is -2.31. The number of allylic oxidation sites excluding steroid dienone is 2. The molecule has 0 atom stereocenters. The van der Waals surface area contributed by atoms with Crippen LogP contribution in [0.5, 0.6) is 0 Å². The summed E-state index contributed by atoms with van der Waals surface area (Å²) in [6.07, 6.45) is 7.23. The molecule has 15 rings (SSSR count). The van der Waals surface area contributed by atoms with Crippen LogP contribution < -0.4 is 0 Å². The molecule has 0 saturated heterocycles. The van der Waals surface area contributed by atoms with E-state index < -0.39 is 5.41 Å². The largest absolute Gasteiger partial charge is 0.313 e. The van der Waals surface area contributed by atoms with Crippen molar-refractivity contribution in [3.05, 3.63) is 283 Å². The molecule has 0 fully saturated rings. The Kier molecular flexibility index (Phi) is 9.04. The molecular formula is C71H48N2. The summed E-state index contributed by atoms with van der Waals surface area (Å²) >= 11 is 0. The van der Waals surface area contributed by atoms with Crippen LogP contribution in [0.15, 0.2) is 249 Å². The first-order chi connectivity index (χ1) is 36.1. The van der Waals surface area contributed by atoms with Crippen molar-refractivity contribution < 1.29 is 0 Å². The highest BCUT2D eigenvalue weighted by Crippen LogP contribution is 2.63. The molecule has 2 aliphatic rings. The number of fused-ring (bicyclic) bond motifs is 16. The summed E-state index contributed by atoms with van der Waals surface area (Å²) < 4.78 is 5.04. The van der Waals surface area contributed by atoms with Gasteiger partial charge >= 0.3 is 0 Å². The predicted molar refractivity (Wildman–Crippen MR) is 308 cm³/mol. The van der Waals surface area contributed by atoms with Crippen molar-refractivity contribution in [2.45, 2.75) is 18.8 Å². The van der Waals surface area contributed by atoms with Gasteiger partial charge in [-0.05, 0) is 138 Å². The molecule has 73 heavy (non-hydrogen) atoms. The highest BCUT2D eigenvalue weighted by molar-refractivity contribution is 6.11. The smallest absolute Gasteiger partial charge is 0.0727 e. The van der Waals surface area contributed by atoms with E-state index in [0.717, 1.165) is 17.8 Å². The fraction of sp³-hybridized carbons (Fsp3) is 0.0423.